The molecule has 0 heterocycles. The van der Waals surface area contributed by atoms with Gasteiger partial charge in [-0.15, -0.1) is 5.75 Å². The largest absolute Gasteiger partial charge is 1.00 e. The van der Waals surface area contributed by atoms with Crippen LogP contribution in [0.2, 0.25) is 0 Å². The summed E-state index contributed by atoms with van der Waals surface area (Å²) < 4.78 is 0. The van der Waals surface area contributed by atoms with Gasteiger partial charge in [-0.05, 0) is 23.3 Å². The molecule has 2 nitrogen and oxygen atoms in total. The van der Waals surface area contributed by atoms with Gasteiger partial charge >= 0.3 is 29.6 Å². The van der Waals surface area contributed by atoms with E-state index in [0.717, 1.165) is 5.56 Å². The molecule has 0 aliphatic heterocycles. The van der Waals surface area contributed by atoms with Crippen molar-refractivity contribution in [1.29, 1.82) is 0 Å². The average Bonchev–Trinajstić information content (AvgIpc) is 2.20. The molecule has 0 saturated heterocycles. The Morgan fingerprint density at radius 1 is 0.867 bits per heavy atom. The molecule has 0 unspecified atom stereocenters. The molecule has 2 aromatic carbocycles. The number of hydrogen-bond donors (Lipinski definition) is 1. The zero-order valence-electron chi connectivity index (χ0n) is 8.47. The second-order valence-corrected chi connectivity index (χ2v) is 3.04. The van der Waals surface area contributed by atoms with Gasteiger partial charge in [0.15, 0.2) is 0 Å². The first kappa shape index (κ1) is 12.1. The zero-order chi connectivity index (χ0) is 9.97. The normalized spacial score (nSPS) is 9.33. The summed E-state index contributed by atoms with van der Waals surface area (Å²) in [4.78, 5) is 0. The molecule has 0 aromatic heterocycles. The maximum absolute atomic E-state index is 11.4. The fraction of sp³-hybridized carbons (Fsp3) is 0. The van der Waals surface area contributed by atoms with E-state index >= 15 is 0 Å². The van der Waals surface area contributed by atoms with Crippen LogP contribution in [0, 0.1) is 0 Å². The third kappa shape index (κ3) is 2.75. The quantitative estimate of drug-likeness (QED) is 0.619. The summed E-state index contributed by atoms with van der Waals surface area (Å²) in [5.41, 5.74) is 1.49. The smallest absolute Gasteiger partial charge is 0.872 e. The first-order chi connectivity index (χ1) is 6.77. The molecule has 0 spiro atoms. The Labute approximate surface area is 110 Å². The topological polar surface area (TPSA) is 43.3 Å². The Hall–Kier alpha value is -0.960. The molecule has 0 fully saturated rings. The second kappa shape index (κ2) is 5.21. The first-order valence-electron chi connectivity index (χ1n) is 4.33. The molecule has 0 atom stereocenters. The number of aromatic hydroxyl groups is 1. The van der Waals surface area contributed by atoms with Crippen LogP contribution in [0.5, 0.6) is 11.5 Å². The number of benzene rings is 2. The predicted octanol–water partition coefficient (Wildman–Crippen LogP) is -0.863. The van der Waals surface area contributed by atoms with Gasteiger partial charge in [0, 0.05) is 0 Å². The molecule has 70 valence electrons. The summed E-state index contributed by atoms with van der Waals surface area (Å²) in [7, 11) is 0. The molecule has 0 aliphatic carbocycles. The molecule has 2 rings (SSSR count). The van der Waals surface area contributed by atoms with Gasteiger partial charge in [-0.1, -0.05) is 36.4 Å². The number of rotatable bonds is 1. The summed E-state index contributed by atoms with van der Waals surface area (Å²) in [5.74, 6) is 0.204. The van der Waals surface area contributed by atoms with Crippen LogP contribution in [0.25, 0.3) is 11.1 Å². The molecule has 2 aromatic rings. The standard InChI is InChI=1S/C12H10O2.Na/c13-10-7-5-9(6-8-10)11-3-1-2-4-12(11)14;/h1-8,13-14H;/q;+1/p-1. The van der Waals surface area contributed by atoms with Crippen LogP contribution in [-0.2, 0) is 0 Å². The summed E-state index contributed by atoms with van der Waals surface area (Å²) in [5, 5.41) is 20.5. The van der Waals surface area contributed by atoms with Crippen molar-refractivity contribution in [3.8, 4) is 22.6 Å². The van der Waals surface area contributed by atoms with E-state index in [2.05, 4.69) is 0 Å². The van der Waals surface area contributed by atoms with Gasteiger partial charge in [0.2, 0.25) is 0 Å². The van der Waals surface area contributed by atoms with Gasteiger partial charge in [-0.2, -0.15) is 0 Å². The van der Waals surface area contributed by atoms with Crippen molar-refractivity contribution in [1.82, 2.24) is 0 Å². The van der Waals surface area contributed by atoms with Crippen molar-refractivity contribution >= 4 is 0 Å². The van der Waals surface area contributed by atoms with Crippen LogP contribution in [0.15, 0.2) is 48.5 Å². The van der Waals surface area contributed by atoms with Crippen molar-refractivity contribution in [3.63, 3.8) is 0 Å². The van der Waals surface area contributed by atoms with Gasteiger partial charge < -0.3 is 10.2 Å². The predicted molar refractivity (Wildman–Crippen MR) is 53.0 cm³/mol. The summed E-state index contributed by atoms with van der Waals surface area (Å²) in [6.45, 7) is 0. The van der Waals surface area contributed by atoms with Gasteiger partial charge in [-0.3, -0.25) is 0 Å². The Bertz CT molecular complexity index is 438. The van der Waals surface area contributed by atoms with Crippen molar-refractivity contribution in [2.45, 2.75) is 0 Å². The van der Waals surface area contributed by atoms with Gasteiger partial charge in [-0.25, -0.2) is 0 Å². The van der Waals surface area contributed by atoms with E-state index in [1.165, 1.54) is 6.07 Å². The van der Waals surface area contributed by atoms with Crippen LogP contribution in [-0.4, -0.2) is 5.11 Å². The fourth-order valence-electron chi connectivity index (χ4n) is 1.35. The maximum atomic E-state index is 11.4. The zero-order valence-corrected chi connectivity index (χ0v) is 10.5. The molecule has 15 heavy (non-hydrogen) atoms. The summed E-state index contributed by atoms with van der Waals surface area (Å²) in [6.07, 6.45) is 0. The Balaban J connectivity index is 0.00000112. The molecule has 0 radical (unpaired) electrons. The second-order valence-electron chi connectivity index (χ2n) is 3.04. The minimum atomic E-state index is -0.00168. The van der Waals surface area contributed by atoms with E-state index in [1.54, 1.807) is 36.4 Å². The molecule has 0 saturated carbocycles. The van der Waals surface area contributed by atoms with Crippen LogP contribution in [0.4, 0.5) is 0 Å². The molecule has 0 bridgehead atoms. The van der Waals surface area contributed by atoms with E-state index in [0.29, 0.717) is 5.56 Å². The average molecular weight is 208 g/mol. The van der Waals surface area contributed by atoms with Crippen molar-refractivity contribution in [2.24, 2.45) is 0 Å². The Morgan fingerprint density at radius 2 is 1.47 bits per heavy atom. The number of phenolic OH excluding ortho intramolecular Hbond substituents is 1. The minimum Gasteiger partial charge on any atom is -0.872 e. The monoisotopic (exact) mass is 208 g/mol. The van der Waals surface area contributed by atoms with Crippen LogP contribution >= 0.6 is 0 Å². The van der Waals surface area contributed by atoms with E-state index < -0.39 is 0 Å². The molecule has 0 amide bonds. The molecule has 0 aliphatic rings. The summed E-state index contributed by atoms with van der Waals surface area (Å²) in [6, 6.07) is 13.4. The van der Waals surface area contributed by atoms with Crippen molar-refractivity contribution in [2.75, 3.05) is 0 Å². The SMILES string of the molecule is [Na+].[O-]c1ccccc1-c1ccc(O)cc1. The number of para-hydroxylation sites is 1. The van der Waals surface area contributed by atoms with Gasteiger partial charge in [0.1, 0.15) is 5.75 Å². The Kier molecular flexibility index (Phi) is 4.21. The van der Waals surface area contributed by atoms with Gasteiger partial charge in [0.05, 0.1) is 0 Å². The summed E-state index contributed by atoms with van der Waals surface area (Å²) >= 11 is 0. The Morgan fingerprint density at radius 3 is 2.07 bits per heavy atom. The van der Waals surface area contributed by atoms with Crippen LogP contribution in [0.3, 0.4) is 0 Å². The third-order valence-corrected chi connectivity index (χ3v) is 2.07. The van der Waals surface area contributed by atoms with Crippen LogP contribution in [0.1, 0.15) is 0 Å². The third-order valence-electron chi connectivity index (χ3n) is 2.07. The van der Waals surface area contributed by atoms with E-state index in [9.17, 15) is 5.11 Å². The van der Waals surface area contributed by atoms with Crippen molar-refractivity contribution in [3.05, 3.63) is 48.5 Å². The van der Waals surface area contributed by atoms with Crippen LogP contribution < -0.4 is 34.7 Å². The maximum Gasteiger partial charge on any atom is 1.00 e. The fourth-order valence-corrected chi connectivity index (χ4v) is 1.35. The van der Waals surface area contributed by atoms with Crippen molar-refractivity contribution < 1.29 is 39.8 Å². The number of phenols is 1. The van der Waals surface area contributed by atoms with E-state index in [1.807, 2.05) is 6.07 Å². The minimum absolute atomic E-state index is 0. The molecule has 1 N–H and O–H groups in total. The molecular formula is C12H9NaO2. The number of hydrogen-bond acceptors (Lipinski definition) is 2. The van der Waals surface area contributed by atoms with E-state index in [4.69, 9.17) is 5.11 Å². The molecular weight excluding hydrogens is 199 g/mol. The molecule has 3 heteroatoms. The first-order valence-corrected chi connectivity index (χ1v) is 4.33. The van der Waals surface area contributed by atoms with E-state index in [-0.39, 0.29) is 41.1 Å². The van der Waals surface area contributed by atoms with Gasteiger partial charge in [0.25, 0.3) is 0 Å².